The third-order valence-electron chi connectivity index (χ3n) is 6.80. The summed E-state index contributed by atoms with van der Waals surface area (Å²) in [5, 5.41) is 0. The molecule has 2 unspecified atom stereocenters. The summed E-state index contributed by atoms with van der Waals surface area (Å²) in [5.41, 5.74) is 2.37. The second-order valence-corrected chi connectivity index (χ2v) is 10.3. The average Bonchev–Trinajstić information content (AvgIpc) is 2.88. The van der Waals surface area contributed by atoms with Gasteiger partial charge in [-0.15, -0.1) is 0 Å². The van der Waals surface area contributed by atoms with Gasteiger partial charge in [0.15, 0.2) is 11.6 Å². The van der Waals surface area contributed by atoms with E-state index in [4.69, 9.17) is 4.74 Å². The zero-order valence-corrected chi connectivity index (χ0v) is 22.6. The van der Waals surface area contributed by atoms with E-state index in [0.29, 0.717) is 23.9 Å². The maximum absolute atomic E-state index is 14.2. The van der Waals surface area contributed by atoms with Gasteiger partial charge < -0.3 is 4.74 Å². The fourth-order valence-electron chi connectivity index (χ4n) is 4.54. The lowest BCUT2D eigenvalue weighted by molar-refractivity contribution is 0.167. The first-order valence-electron chi connectivity index (χ1n) is 14.3. The summed E-state index contributed by atoms with van der Waals surface area (Å²) in [6, 6.07) is 8.56. The number of hydrogen-bond acceptors (Lipinski definition) is 3. The maximum atomic E-state index is 14.2. The maximum Gasteiger partial charge on any atom is 0.159 e. The van der Waals surface area contributed by atoms with Gasteiger partial charge in [-0.05, 0) is 30.7 Å². The standard InChI is InChI=1S/C31H49FN2O/c1-4-6-8-9-10-11-12-13-14-15-17-27-18-20-28(21-19-27)31-33-23-30(24-34-31)35-25-29(32)22-26(3)16-7-5-2/h18-21,23-24,26,29H,4-17,22,25H2,1-3H3. The van der Waals surface area contributed by atoms with Crippen LogP contribution in [0.5, 0.6) is 5.75 Å². The molecule has 0 bridgehead atoms. The zero-order chi connectivity index (χ0) is 25.1. The van der Waals surface area contributed by atoms with Crippen molar-refractivity contribution in [2.75, 3.05) is 6.61 Å². The quantitative estimate of drug-likeness (QED) is 0.175. The highest BCUT2D eigenvalue weighted by molar-refractivity contribution is 5.55. The first kappa shape index (κ1) is 29.3. The number of rotatable bonds is 20. The van der Waals surface area contributed by atoms with E-state index in [-0.39, 0.29) is 6.61 Å². The number of aryl methyl sites for hydroxylation is 1. The Kier molecular flexibility index (Phi) is 15.3. The second-order valence-electron chi connectivity index (χ2n) is 10.3. The van der Waals surface area contributed by atoms with E-state index in [0.717, 1.165) is 31.2 Å². The molecule has 2 atom stereocenters. The van der Waals surface area contributed by atoms with Crippen LogP contribution >= 0.6 is 0 Å². The third-order valence-corrected chi connectivity index (χ3v) is 6.80. The van der Waals surface area contributed by atoms with Crippen molar-refractivity contribution in [3.8, 4) is 17.1 Å². The Morgan fingerprint density at radius 3 is 1.94 bits per heavy atom. The summed E-state index contributed by atoms with van der Waals surface area (Å²) >= 11 is 0. The van der Waals surface area contributed by atoms with Gasteiger partial charge in [0.05, 0.1) is 12.4 Å². The van der Waals surface area contributed by atoms with Crippen LogP contribution in [0.1, 0.15) is 116 Å². The lowest BCUT2D eigenvalue weighted by Crippen LogP contribution is -2.16. The average molecular weight is 485 g/mol. The second kappa shape index (κ2) is 18.3. The summed E-state index contributed by atoms with van der Waals surface area (Å²) in [5.74, 6) is 1.59. The lowest BCUT2D eigenvalue weighted by Gasteiger charge is -2.15. The molecule has 196 valence electrons. The van der Waals surface area contributed by atoms with Gasteiger partial charge in [-0.25, -0.2) is 14.4 Å². The molecule has 0 N–H and O–H groups in total. The molecular formula is C31H49FN2O. The Morgan fingerprint density at radius 1 is 0.771 bits per heavy atom. The van der Waals surface area contributed by atoms with Crippen LogP contribution in [-0.4, -0.2) is 22.7 Å². The first-order valence-corrected chi connectivity index (χ1v) is 14.3. The fraction of sp³-hybridized carbons (Fsp3) is 0.677. The van der Waals surface area contributed by atoms with Crippen molar-refractivity contribution < 1.29 is 9.13 Å². The van der Waals surface area contributed by atoms with E-state index >= 15 is 0 Å². The molecule has 0 spiro atoms. The van der Waals surface area contributed by atoms with Crippen molar-refractivity contribution in [1.29, 1.82) is 0 Å². The van der Waals surface area contributed by atoms with Crippen molar-refractivity contribution in [1.82, 2.24) is 9.97 Å². The summed E-state index contributed by atoms with van der Waals surface area (Å²) in [7, 11) is 0. The van der Waals surface area contributed by atoms with Gasteiger partial charge in [0.25, 0.3) is 0 Å². The van der Waals surface area contributed by atoms with E-state index in [9.17, 15) is 4.39 Å². The van der Waals surface area contributed by atoms with Crippen molar-refractivity contribution >= 4 is 0 Å². The molecule has 0 saturated heterocycles. The van der Waals surface area contributed by atoms with Gasteiger partial charge in [-0.1, -0.05) is 122 Å². The van der Waals surface area contributed by atoms with Crippen molar-refractivity contribution in [2.45, 2.75) is 123 Å². The smallest absolute Gasteiger partial charge is 0.159 e. The topological polar surface area (TPSA) is 35.0 Å². The molecule has 0 fully saturated rings. The Hall–Kier alpha value is -1.97. The summed E-state index contributed by atoms with van der Waals surface area (Å²) < 4.78 is 19.8. The molecular weight excluding hydrogens is 435 g/mol. The van der Waals surface area contributed by atoms with Gasteiger partial charge in [0.1, 0.15) is 12.8 Å². The van der Waals surface area contributed by atoms with Crippen LogP contribution in [0.25, 0.3) is 11.4 Å². The highest BCUT2D eigenvalue weighted by Gasteiger charge is 2.13. The van der Waals surface area contributed by atoms with E-state index in [1.54, 1.807) is 12.4 Å². The van der Waals surface area contributed by atoms with E-state index in [2.05, 4.69) is 55.0 Å². The molecule has 0 aliphatic carbocycles. The molecule has 0 saturated carbocycles. The predicted octanol–water partition coefficient (Wildman–Crippen LogP) is 9.54. The molecule has 4 heteroatoms. The largest absolute Gasteiger partial charge is 0.487 e. The Morgan fingerprint density at radius 2 is 1.34 bits per heavy atom. The van der Waals surface area contributed by atoms with Crippen LogP contribution in [0.15, 0.2) is 36.7 Å². The van der Waals surface area contributed by atoms with Crippen LogP contribution in [-0.2, 0) is 6.42 Å². The van der Waals surface area contributed by atoms with Crippen LogP contribution in [0.4, 0.5) is 4.39 Å². The normalized spacial score (nSPS) is 13.0. The molecule has 0 radical (unpaired) electrons. The fourth-order valence-corrected chi connectivity index (χ4v) is 4.54. The van der Waals surface area contributed by atoms with Crippen LogP contribution in [0.3, 0.4) is 0 Å². The Labute approximate surface area is 214 Å². The minimum Gasteiger partial charge on any atom is -0.487 e. The van der Waals surface area contributed by atoms with Gasteiger partial charge in [-0.3, -0.25) is 0 Å². The SMILES string of the molecule is CCCCCCCCCCCCc1ccc(-c2ncc(OCC(F)CC(C)CCCC)cn2)cc1. The highest BCUT2D eigenvalue weighted by atomic mass is 19.1. The zero-order valence-electron chi connectivity index (χ0n) is 22.6. The monoisotopic (exact) mass is 484 g/mol. The molecule has 2 aromatic rings. The summed E-state index contributed by atoms with van der Waals surface area (Å²) in [4.78, 5) is 8.85. The molecule has 3 nitrogen and oxygen atoms in total. The lowest BCUT2D eigenvalue weighted by atomic mass is 9.98. The number of benzene rings is 1. The first-order chi connectivity index (χ1) is 17.1. The van der Waals surface area contributed by atoms with E-state index in [1.165, 1.54) is 69.8 Å². The van der Waals surface area contributed by atoms with E-state index < -0.39 is 6.17 Å². The molecule has 1 aromatic carbocycles. The molecule has 2 rings (SSSR count). The van der Waals surface area contributed by atoms with Gasteiger partial charge in [-0.2, -0.15) is 0 Å². The number of ether oxygens (including phenoxy) is 1. The van der Waals surface area contributed by atoms with Gasteiger partial charge in [0.2, 0.25) is 0 Å². The van der Waals surface area contributed by atoms with Crippen LogP contribution < -0.4 is 4.74 Å². The van der Waals surface area contributed by atoms with Crippen LogP contribution in [0.2, 0.25) is 0 Å². The van der Waals surface area contributed by atoms with Gasteiger partial charge >= 0.3 is 0 Å². The molecule has 1 heterocycles. The Bertz CT molecular complexity index is 763. The van der Waals surface area contributed by atoms with Gasteiger partial charge in [0, 0.05) is 5.56 Å². The molecule has 0 aliphatic rings. The third kappa shape index (κ3) is 13.1. The van der Waals surface area contributed by atoms with Crippen LogP contribution in [0, 0.1) is 5.92 Å². The minimum atomic E-state index is -0.954. The number of nitrogens with zero attached hydrogens (tertiary/aromatic N) is 2. The number of halogens is 1. The summed E-state index contributed by atoms with van der Waals surface area (Å²) in [6.45, 7) is 6.62. The minimum absolute atomic E-state index is 0.0623. The van der Waals surface area contributed by atoms with Crippen molar-refractivity contribution in [2.24, 2.45) is 5.92 Å². The number of alkyl halides is 1. The highest BCUT2D eigenvalue weighted by Crippen LogP contribution is 2.20. The molecule has 0 amide bonds. The van der Waals surface area contributed by atoms with E-state index in [1.807, 2.05) is 0 Å². The molecule has 35 heavy (non-hydrogen) atoms. The molecule has 0 aliphatic heterocycles. The Balaban J connectivity index is 1.64. The summed E-state index contributed by atoms with van der Waals surface area (Å²) in [6.07, 6.45) is 21.1. The number of aromatic nitrogens is 2. The predicted molar refractivity (Wildman–Crippen MR) is 147 cm³/mol. The number of hydrogen-bond donors (Lipinski definition) is 0. The van der Waals surface area contributed by atoms with Crippen molar-refractivity contribution in [3.05, 3.63) is 42.2 Å². The number of unbranched alkanes of at least 4 members (excludes halogenated alkanes) is 10. The molecule has 1 aromatic heterocycles. The van der Waals surface area contributed by atoms with Crippen molar-refractivity contribution in [3.63, 3.8) is 0 Å².